The summed E-state index contributed by atoms with van der Waals surface area (Å²) < 4.78 is 1.78. The van der Waals surface area contributed by atoms with E-state index in [0.717, 1.165) is 24.1 Å². The molecular formula is C19H24N6OS. The molecule has 0 unspecified atom stereocenters. The van der Waals surface area contributed by atoms with Gasteiger partial charge in [-0.3, -0.25) is 4.68 Å². The number of benzene rings is 1. The van der Waals surface area contributed by atoms with Gasteiger partial charge in [-0.25, -0.2) is 14.8 Å². The number of amides is 2. The second-order valence-corrected chi connectivity index (χ2v) is 7.33. The second kappa shape index (κ2) is 9.27. The number of carbonyl (C=O) groups excluding carboxylic acids is 1. The van der Waals surface area contributed by atoms with Gasteiger partial charge >= 0.3 is 6.03 Å². The first-order chi connectivity index (χ1) is 13.1. The molecule has 7 nitrogen and oxygen atoms in total. The molecule has 2 aromatic heterocycles. The Morgan fingerprint density at radius 3 is 2.81 bits per heavy atom. The van der Waals surface area contributed by atoms with Crippen molar-refractivity contribution in [2.45, 2.75) is 32.4 Å². The summed E-state index contributed by atoms with van der Waals surface area (Å²) in [5, 5.41) is 7.29. The van der Waals surface area contributed by atoms with Crippen molar-refractivity contribution in [2.24, 2.45) is 0 Å². The Hall–Kier alpha value is -2.74. The van der Waals surface area contributed by atoms with Crippen LogP contribution in [0, 0.1) is 6.92 Å². The fraction of sp³-hybridized carbons (Fsp3) is 0.368. The van der Waals surface area contributed by atoms with Gasteiger partial charge in [-0.1, -0.05) is 30.3 Å². The molecule has 0 radical (unpaired) electrons. The zero-order valence-corrected chi connectivity index (χ0v) is 16.4. The number of urea groups is 1. The Labute approximate surface area is 163 Å². The van der Waals surface area contributed by atoms with Crippen LogP contribution in [0.3, 0.4) is 0 Å². The van der Waals surface area contributed by atoms with Crippen molar-refractivity contribution in [1.82, 2.24) is 30.0 Å². The third-order valence-corrected chi connectivity index (χ3v) is 5.47. The van der Waals surface area contributed by atoms with Crippen LogP contribution in [0.5, 0.6) is 0 Å². The number of aryl methyl sites for hydroxylation is 2. The van der Waals surface area contributed by atoms with Crippen molar-refractivity contribution in [2.75, 3.05) is 13.6 Å². The summed E-state index contributed by atoms with van der Waals surface area (Å²) in [4.78, 5) is 23.9. The zero-order valence-electron chi connectivity index (χ0n) is 15.6. The van der Waals surface area contributed by atoms with E-state index < -0.39 is 0 Å². The lowest BCUT2D eigenvalue weighted by molar-refractivity contribution is 0.204. The van der Waals surface area contributed by atoms with Gasteiger partial charge in [-0.05, 0) is 18.9 Å². The molecule has 0 aliphatic carbocycles. The number of aromatic nitrogens is 4. The number of nitrogens with one attached hydrogen (secondary N) is 1. The molecule has 0 saturated carbocycles. The highest BCUT2D eigenvalue weighted by atomic mass is 32.1. The van der Waals surface area contributed by atoms with Crippen LogP contribution in [0.15, 0.2) is 48.5 Å². The van der Waals surface area contributed by atoms with Crippen molar-refractivity contribution < 1.29 is 4.79 Å². The van der Waals surface area contributed by atoms with E-state index in [-0.39, 0.29) is 12.1 Å². The molecule has 8 heteroatoms. The van der Waals surface area contributed by atoms with Gasteiger partial charge in [-0.15, -0.1) is 11.3 Å². The summed E-state index contributed by atoms with van der Waals surface area (Å²) in [6, 6.07) is 9.85. The van der Waals surface area contributed by atoms with Gasteiger partial charge in [0.1, 0.15) is 12.7 Å². The lowest BCUT2D eigenvalue weighted by Gasteiger charge is -2.24. The summed E-state index contributed by atoms with van der Waals surface area (Å²) in [5.74, 6) is 0. The average Bonchev–Trinajstić information content (AvgIpc) is 3.35. The fourth-order valence-corrected chi connectivity index (χ4v) is 3.58. The summed E-state index contributed by atoms with van der Waals surface area (Å²) in [6.45, 7) is 3.34. The summed E-state index contributed by atoms with van der Waals surface area (Å²) in [6.07, 6.45) is 4.76. The molecule has 2 amide bonds. The first-order valence-electron chi connectivity index (χ1n) is 8.91. The molecule has 0 aliphatic rings. The van der Waals surface area contributed by atoms with E-state index in [1.165, 1.54) is 11.2 Å². The first kappa shape index (κ1) is 19.0. The van der Waals surface area contributed by atoms with Crippen molar-refractivity contribution in [3.63, 3.8) is 0 Å². The van der Waals surface area contributed by atoms with Gasteiger partial charge < -0.3 is 10.2 Å². The average molecular weight is 385 g/mol. The van der Waals surface area contributed by atoms with Crippen molar-refractivity contribution in [3.8, 4) is 0 Å². The molecule has 1 atom stereocenters. The third-order valence-electron chi connectivity index (χ3n) is 4.48. The van der Waals surface area contributed by atoms with E-state index in [0.29, 0.717) is 13.1 Å². The van der Waals surface area contributed by atoms with Crippen LogP contribution < -0.4 is 5.32 Å². The van der Waals surface area contributed by atoms with Gasteiger partial charge in [0.2, 0.25) is 0 Å². The van der Waals surface area contributed by atoms with Gasteiger partial charge in [0, 0.05) is 31.4 Å². The molecular weight excluding hydrogens is 360 g/mol. The minimum atomic E-state index is -0.0875. The minimum absolute atomic E-state index is 0.0791. The Morgan fingerprint density at radius 2 is 2.15 bits per heavy atom. The van der Waals surface area contributed by atoms with Crippen LogP contribution in [-0.2, 0) is 13.0 Å². The second-order valence-electron chi connectivity index (χ2n) is 6.39. The van der Waals surface area contributed by atoms with E-state index >= 15 is 0 Å². The molecule has 1 N–H and O–H groups in total. The predicted octanol–water partition coefficient (Wildman–Crippen LogP) is 3.06. The maximum absolute atomic E-state index is 12.7. The van der Waals surface area contributed by atoms with E-state index in [1.807, 2.05) is 49.8 Å². The number of carbonyl (C=O) groups is 1. The smallest absolute Gasteiger partial charge is 0.317 e. The van der Waals surface area contributed by atoms with Crippen LogP contribution in [0.2, 0.25) is 0 Å². The Morgan fingerprint density at radius 1 is 1.33 bits per heavy atom. The molecule has 0 saturated heterocycles. The molecule has 2 heterocycles. The number of hydrogen-bond acceptors (Lipinski definition) is 5. The number of hydrogen-bond donors (Lipinski definition) is 1. The third kappa shape index (κ3) is 5.37. The lowest BCUT2D eigenvalue weighted by atomic mass is 10.0. The number of likely N-dealkylation sites (N-methyl/N-ethyl adjacent to an activating group) is 1. The predicted molar refractivity (Wildman–Crippen MR) is 106 cm³/mol. The standard InChI is InChI=1S/C19H24N6OS/c1-15-18(27-14-21-15)9-10-24(2)19(26)23-17(16-6-4-3-5-7-16)8-11-25-13-20-12-22-25/h3-7,12-14,17H,8-11H2,1-2H3,(H,23,26)/t17-/m1/s1. The largest absolute Gasteiger partial charge is 0.331 e. The van der Waals surface area contributed by atoms with Gasteiger partial charge in [-0.2, -0.15) is 5.10 Å². The highest BCUT2D eigenvalue weighted by molar-refractivity contribution is 7.09. The number of nitrogens with zero attached hydrogens (tertiary/aromatic N) is 5. The highest BCUT2D eigenvalue weighted by Crippen LogP contribution is 2.18. The van der Waals surface area contributed by atoms with E-state index in [1.54, 1.807) is 27.2 Å². The van der Waals surface area contributed by atoms with Crippen LogP contribution in [0.25, 0.3) is 0 Å². The molecule has 3 rings (SSSR count). The first-order valence-corrected chi connectivity index (χ1v) is 9.79. The minimum Gasteiger partial charge on any atom is -0.331 e. The molecule has 0 spiro atoms. The van der Waals surface area contributed by atoms with Crippen molar-refractivity contribution in [1.29, 1.82) is 0 Å². The number of thiazole rings is 1. The molecule has 0 bridgehead atoms. The van der Waals surface area contributed by atoms with E-state index in [2.05, 4.69) is 20.4 Å². The van der Waals surface area contributed by atoms with E-state index in [9.17, 15) is 4.79 Å². The van der Waals surface area contributed by atoms with Gasteiger partial charge in [0.25, 0.3) is 0 Å². The topological polar surface area (TPSA) is 75.9 Å². The molecule has 0 fully saturated rings. The lowest BCUT2D eigenvalue weighted by Crippen LogP contribution is -2.40. The van der Waals surface area contributed by atoms with Gasteiger partial charge in [0.15, 0.2) is 0 Å². The highest BCUT2D eigenvalue weighted by Gasteiger charge is 2.17. The van der Waals surface area contributed by atoms with Crippen molar-refractivity contribution >= 4 is 17.4 Å². The normalized spacial score (nSPS) is 11.9. The van der Waals surface area contributed by atoms with Crippen LogP contribution >= 0.6 is 11.3 Å². The Kier molecular flexibility index (Phi) is 6.54. The number of rotatable bonds is 8. The molecule has 0 aliphatic heterocycles. The quantitative estimate of drug-likeness (QED) is 0.648. The maximum Gasteiger partial charge on any atom is 0.317 e. The summed E-state index contributed by atoms with van der Waals surface area (Å²) in [5.41, 5.74) is 3.97. The molecule has 1 aromatic carbocycles. The molecule has 27 heavy (non-hydrogen) atoms. The zero-order chi connectivity index (χ0) is 19.1. The van der Waals surface area contributed by atoms with Crippen molar-refractivity contribution in [3.05, 3.63) is 64.6 Å². The maximum atomic E-state index is 12.7. The summed E-state index contributed by atoms with van der Waals surface area (Å²) in [7, 11) is 1.82. The molecule has 142 valence electrons. The van der Waals surface area contributed by atoms with Crippen LogP contribution in [0.1, 0.15) is 28.6 Å². The molecule has 3 aromatic rings. The Bertz CT molecular complexity index is 833. The van der Waals surface area contributed by atoms with Crippen LogP contribution in [-0.4, -0.2) is 44.3 Å². The van der Waals surface area contributed by atoms with Crippen LogP contribution in [0.4, 0.5) is 4.79 Å². The Balaban J connectivity index is 1.59. The van der Waals surface area contributed by atoms with E-state index in [4.69, 9.17) is 0 Å². The fourth-order valence-electron chi connectivity index (χ4n) is 2.81. The van der Waals surface area contributed by atoms with Gasteiger partial charge in [0.05, 0.1) is 17.2 Å². The SMILES string of the molecule is Cc1ncsc1CCN(C)C(=O)N[C@H](CCn1cncn1)c1ccccc1. The monoisotopic (exact) mass is 384 g/mol. The summed E-state index contributed by atoms with van der Waals surface area (Å²) >= 11 is 1.64.